The molecule has 14 heavy (non-hydrogen) atoms. The Hall–Kier alpha value is -0.261. The van der Waals surface area contributed by atoms with Crippen LogP contribution in [0.5, 0.6) is 0 Å². The molecule has 1 aliphatic carbocycles. The van der Waals surface area contributed by atoms with E-state index in [0.717, 1.165) is 25.7 Å². The summed E-state index contributed by atoms with van der Waals surface area (Å²) in [5.74, 6) is 1.08. The van der Waals surface area contributed by atoms with Gasteiger partial charge in [-0.15, -0.1) is 0 Å². The molecule has 1 fully saturated rings. The second kappa shape index (κ2) is 5.00. The van der Waals surface area contributed by atoms with Gasteiger partial charge in [-0.25, -0.2) is 0 Å². The Morgan fingerprint density at radius 1 is 1.29 bits per heavy atom. The van der Waals surface area contributed by atoms with Crippen LogP contribution in [0, 0.1) is 5.92 Å². The number of benzene rings is 1. The molecule has 1 aliphatic rings. The van der Waals surface area contributed by atoms with Gasteiger partial charge in [0, 0.05) is 0 Å². The summed E-state index contributed by atoms with van der Waals surface area (Å²) in [6.07, 6.45) is 5.79. The van der Waals surface area contributed by atoms with Crippen molar-refractivity contribution in [1.82, 2.24) is 0 Å². The third-order valence-electron chi connectivity index (χ3n) is 2.82. The Morgan fingerprint density at radius 2 is 2.07 bits per heavy atom. The van der Waals surface area contributed by atoms with Crippen LogP contribution in [0.1, 0.15) is 32.6 Å². The normalized spacial score (nSPS) is 24.9. The van der Waals surface area contributed by atoms with Gasteiger partial charge in [-0.3, -0.25) is 0 Å². The van der Waals surface area contributed by atoms with Gasteiger partial charge in [0.15, 0.2) is 0 Å². The van der Waals surface area contributed by atoms with Gasteiger partial charge >= 0.3 is 93.1 Å². The molecular formula is C13H18Se. The Kier molecular flexibility index (Phi) is 3.67. The summed E-state index contributed by atoms with van der Waals surface area (Å²) in [7, 11) is 0. The van der Waals surface area contributed by atoms with E-state index in [4.69, 9.17) is 0 Å². The van der Waals surface area contributed by atoms with E-state index in [1.807, 2.05) is 0 Å². The minimum atomic E-state index is 0.750. The second-order valence-corrected chi connectivity index (χ2v) is 6.86. The van der Waals surface area contributed by atoms with Gasteiger partial charge in [0.05, 0.1) is 0 Å². The van der Waals surface area contributed by atoms with Crippen LogP contribution in [0.4, 0.5) is 0 Å². The first kappa shape index (κ1) is 10.3. The van der Waals surface area contributed by atoms with Gasteiger partial charge in [-0.05, 0) is 0 Å². The van der Waals surface area contributed by atoms with Gasteiger partial charge in [-0.2, -0.15) is 0 Å². The SMILES string of the molecule is CCCCC1CC1[Se]c1ccccc1. The Morgan fingerprint density at radius 3 is 2.79 bits per heavy atom. The number of hydrogen-bond donors (Lipinski definition) is 0. The molecule has 0 radical (unpaired) electrons. The van der Waals surface area contributed by atoms with E-state index in [-0.39, 0.29) is 0 Å². The number of rotatable bonds is 5. The molecule has 0 spiro atoms. The first-order valence-corrected chi connectivity index (χ1v) is 7.46. The van der Waals surface area contributed by atoms with Crippen LogP contribution in [0.25, 0.3) is 0 Å². The van der Waals surface area contributed by atoms with Crippen molar-refractivity contribution in [2.75, 3.05) is 0 Å². The van der Waals surface area contributed by atoms with Gasteiger partial charge in [0.25, 0.3) is 0 Å². The first-order valence-electron chi connectivity index (χ1n) is 5.62. The van der Waals surface area contributed by atoms with Crippen molar-refractivity contribution < 1.29 is 0 Å². The van der Waals surface area contributed by atoms with E-state index in [1.54, 1.807) is 4.46 Å². The number of hydrogen-bond acceptors (Lipinski definition) is 0. The Labute approximate surface area is 93.3 Å². The quantitative estimate of drug-likeness (QED) is 0.708. The van der Waals surface area contributed by atoms with Gasteiger partial charge in [-0.1, -0.05) is 0 Å². The average molecular weight is 253 g/mol. The van der Waals surface area contributed by atoms with E-state index in [9.17, 15) is 0 Å². The van der Waals surface area contributed by atoms with E-state index in [1.165, 1.54) is 25.7 Å². The summed E-state index contributed by atoms with van der Waals surface area (Å²) in [6.45, 7) is 2.29. The summed E-state index contributed by atoms with van der Waals surface area (Å²) in [5.41, 5.74) is 0. The molecule has 0 heterocycles. The van der Waals surface area contributed by atoms with E-state index < -0.39 is 0 Å². The predicted octanol–water partition coefficient (Wildman–Crippen LogP) is 3.01. The molecule has 2 unspecified atom stereocenters. The van der Waals surface area contributed by atoms with Crippen LogP contribution in [-0.4, -0.2) is 15.0 Å². The molecule has 0 amide bonds. The molecule has 2 atom stereocenters. The van der Waals surface area contributed by atoms with Crippen molar-refractivity contribution in [3.63, 3.8) is 0 Å². The zero-order valence-corrected chi connectivity index (χ0v) is 10.5. The molecule has 0 aliphatic heterocycles. The van der Waals surface area contributed by atoms with Crippen molar-refractivity contribution in [3.8, 4) is 0 Å². The molecule has 0 saturated heterocycles. The number of unbranched alkanes of at least 4 members (excludes halogenated alkanes) is 1. The third-order valence-corrected chi connectivity index (χ3v) is 5.81. The molecule has 0 aromatic heterocycles. The van der Waals surface area contributed by atoms with Crippen LogP contribution in [0.15, 0.2) is 30.3 Å². The molecule has 1 heteroatoms. The topological polar surface area (TPSA) is 0 Å². The second-order valence-electron chi connectivity index (χ2n) is 4.11. The van der Waals surface area contributed by atoms with E-state index in [0.29, 0.717) is 0 Å². The summed E-state index contributed by atoms with van der Waals surface area (Å²) < 4.78 is 1.59. The van der Waals surface area contributed by atoms with Crippen LogP contribution in [0.3, 0.4) is 0 Å². The Bertz CT molecular complexity index is 268. The summed E-state index contributed by atoms with van der Waals surface area (Å²) in [6, 6.07) is 11.0. The van der Waals surface area contributed by atoms with Crippen molar-refractivity contribution in [1.29, 1.82) is 0 Å². The fraction of sp³-hybridized carbons (Fsp3) is 0.538. The fourth-order valence-corrected chi connectivity index (χ4v) is 4.61. The van der Waals surface area contributed by atoms with Gasteiger partial charge in [0.2, 0.25) is 0 Å². The van der Waals surface area contributed by atoms with Gasteiger partial charge < -0.3 is 0 Å². The molecule has 76 valence electrons. The van der Waals surface area contributed by atoms with Crippen LogP contribution >= 0.6 is 0 Å². The van der Waals surface area contributed by atoms with Crippen molar-refractivity contribution in [2.24, 2.45) is 5.92 Å². The average Bonchev–Trinajstić information content (AvgIpc) is 2.95. The maximum atomic E-state index is 2.29. The Balaban J connectivity index is 1.74. The first-order chi connectivity index (χ1) is 6.90. The molecule has 2 rings (SSSR count). The molecule has 0 bridgehead atoms. The standard InChI is InChI=1S/C13H18Se/c1-2-3-7-11-10-13(11)14-12-8-5-4-6-9-12/h4-6,8-9,11,13H,2-3,7,10H2,1H3. The molecule has 1 aromatic carbocycles. The monoisotopic (exact) mass is 254 g/mol. The molecule has 1 saturated carbocycles. The maximum absolute atomic E-state index is 2.29. The van der Waals surface area contributed by atoms with Crippen LogP contribution in [0.2, 0.25) is 4.82 Å². The van der Waals surface area contributed by atoms with E-state index in [2.05, 4.69) is 37.3 Å². The predicted molar refractivity (Wildman–Crippen MR) is 63.2 cm³/mol. The van der Waals surface area contributed by atoms with Crippen molar-refractivity contribution >= 4 is 19.4 Å². The molecular weight excluding hydrogens is 235 g/mol. The molecule has 0 nitrogen and oxygen atoms in total. The zero-order chi connectivity index (χ0) is 9.80. The van der Waals surface area contributed by atoms with E-state index >= 15 is 0 Å². The molecule has 1 aromatic rings. The summed E-state index contributed by atoms with van der Waals surface area (Å²) in [5, 5.41) is 0. The molecule has 0 N–H and O–H groups in total. The fourth-order valence-electron chi connectivity index (χ4n) is 1.81. The summed E-state index contributed by atoms with van der Waals surface area (Å²) in [4.78, 5) is 1.07. The third kappa shape index (κ3) is 2.86. The summed E-state index contributed by atoms with van der Waals surface area (Å²) >= 11 is 0.750. The van der Waals surface area contributed by atoms with Crippen molar-refractivity contribution in [3.05, 3.63) is 30.3 Å². The van der Waals surface area contributed by atoms with Crippen molar-refractivity contribution in [2.45, 2.75) is 37.4 Å². The zero-order valence-electron chi connectivity index (χ0n) is 8.78. The minimum absolute atomic E-state index is 0.750. The van der Waals surface area contributed by atoms with Crippen LogP contribution < -0.4 is 4.46 Å². The van der Waals surface area contributed by atoms with Gasteiger partial charge in [0.1, 0.15) is 0 Å². The van der Waals surface area contributed by atoms with Crippen LogP contribution in [-0.2, 0) is 0 Å².